The van der Waals surface area contributed by atoms with E-state index in [0.717, 1.165) is 12.1 Å². The Labute approximate surface area is 68.6 Å². The molecular formula is C8H6FNO2. The Morgan fingerprint density at radius 3 is 2.67 bits per heavy atom. The topological polar surface area (TPSA) is 53.2 Å². The lowest BCUT2D eigenvalue weighted by Gasteiger charge is -2.03. The number of methoxy groups -OCH3 is 1. The number of aromatic hydroxyl groups is 1. The van der Waals surface area contributed by atoms with Crippen LogP contribution in [0.5, 0.6) is 11.5 Å². The van der Waals surface area contributed by atoms with Crippen LogP contribution in [0.4, 0.5) is 4.39 Å². The van der Waals surface area contributed by atoms with Gasteiger partial charge < -0.3 is 9.84 Å². The highest BCUT2D eigenvalue weighted by Crippen LogP contribution is 2.29. The lowest BCUT2D eigenvalue weighted by atomic mass is 10.2. The van der Waals surface area contributed by atoms with E-state index in [0.29, 0.717) is 0 Å². The van der Waals surface area contributed by atoms with Gasteiger partial charge >= 0.3 is 0 Å². The van der Waals surface area contributed by atoms with E-state index in [-0.39, 0.29) is 17.1 Å². The van der Waals surface area contributed by atoms with Gasteiger partial charge in [0.15, 0.2) is 17.3 Å². The molecule has 4 heteroatoms. The third-order valence-electron chi connectivity index (χ3n) is 1.36. The highest BCUT2D eigenvalue weighted by atomic mass is 19.1. The first-order valence-corrected chi connectivity index (χ1v) is 3.15. The van der Waals surface area contributed by atoms with Crippen LogP contribution in [0.25, 0.3) is 0 Å². The van der Waals surface area contributed by atoms with Crippen LogP contribution in [0.2, 0.25) is 0 Å². The molecule has 0 heterocycles. The number of hydrogen-bond acceptors (Lipinski definition) is 3. The molecule has 0 aromatic heterocycles. The molecule has 0 saturated carbocycles. The molecular weight excluding hydrogens is 161 g/mol. The van der Waals surface area contributed by atoms with E-state index >= 15 is 0 Å². The molecule has 0 atom stereocenters. The van der Waals surface area contributed by atoms with Crippen molar-refractivity contribution in [2.24, 2.45) is 0 Å². The van der Waals surface area contributed by atoms with Crippen molar-refractivity contribution >= 4 is 0 Å². The molecule has 1 aromatic carbocycles. The van der Waals surface area contributed by atoms with Gasteiger partial charge in [0.2, 0.25) is 0 Å². The van der Waals surface area contributed by atoms with Crippen LogP contribution in [-0.2, 0) is 0 Å². The summed E-state index contributed by atoms with van der Waals surface area (Å²) in [5.41, 5.74) is 0.0609. The van der Waals surface area contributed by atoms with Crippen LogP contribution >= 0.6 is 0 Å². The van der Waals surface area contributed by atoms with E-state index < -0.39 is 5.82 Å². The second-order valence-corrected chi connectivity index (χ2v) is 2.12. The molecule has 1 N–H and O–H groups in total. The van der Waals surface area contributed by atoms with E-state index in [1.165, 1.54) is 7.11 Å². The molecule has 0 amide bonds. The van der Waals surface area contributed by atoms with Gasteiger partial charge in [0, 0.05) is 6.07 Å². The molecule has 0 radical (unpaired) electrons. The summed E-state index contributed by atoms with van der Waals surface area (Å²) in [6, 6.07) is 3.84. The summed E-state index contributed by atoms with van der Waals surface area (Å²) in [5.74, 6) is -1.35. The molecule has 0 bridgehead atoms. The Morgan fingerprint density at radius 2 is 2.25 bits per heavy atom. The van der Waals surface area contributed by atoms with Crippen LogP contribution in [0.1, 0.15) is 5.56 Å². The minimum Gasteiger partial charge on any atom is -0.504 e. The smallest absolute Gasteiger partial charge is 0.196 e. The quantitative estimate of drug-likeness (QED) is 0.688. The maximum atomic E-state index is 12.9. The van der Waals surface area contributed by atoms with Crippen molar-refractivity contribution in [1.82, 2.24) is 0 Å². The molecule has 1 rings (SSSR count). The minimum atomic E-state index is -0.742. The first kappa shape index (κ1) is 8.34. The zero-order chi connectivity index (χ0) is 9.14. The van der Waals surface area contributed by atoms with Gasteiger partial charge in [-0.05, 0) is 6.07 Å². The number of nitrogens with zero attached hydrogens (tertiary/aromatic N) is 1. The molecule has 3 nitrogen and oxygen atoms in total. The average molecular weight is 167 g/mol. The number of phenols is 1. The number of nitriles is 1. The number of rotatable bonds is 1. The summed E-state index contributed by atoms with van der Waals surface area (Å²) in [6.45, 7) is 0. The van der Waals surface area contributed by atoms with E-state index in [2.05, 4.69) is 4.74 Å². The van der Waals surface area contributed by atoms with Gasteiger partial charge in [0.1, 0.15) is 0 Å². The first-order chi connectivity index (χ1) is 5.69. The molecule has 12 heavy (non-hydrogen) atoms. The monoisotopic (exact) mass is 167 g/mol. The fourth-order valence-electron chi connectivity index (χ4n) is 0.846. The van der Waals surface area contributed by atoms with Crippen LogP contribution in [0, 0.1) is 17.1 Å². The van der Waals surface area contributed by atoms with Gasteiger partial charge in [0.25, 0.3) is 0 Å². The summed E-state index contributed by atoms with van der Waals surface area (Å²) < 4.78 is 17.4. The van der Waals surface area contributed by atoms with Crippen molar-refractivity contribution in [1.29, 1.82) is 5.26 Å². The highest BCUT2D eigenvalue weighted by Gasteiger charge is 2.09. The molecule has 0 saturated heterocycles. The highest BCUT2D eigenvalue weighted by molar-refractivity contribution is 5.46. The second kappa shape index (κ2) is 3.09. The van der Waals surface area contributed by atoms with Crippen molar-refractivity contribution in [3.63, 3.8) is 0 Å². The molecule has 62 valence electrons. The number of halogens is 1. The minimum absolute atomic E-state index is 0.0609. The molecule has 0 aliphatic carbocycles. The van der Waals surface area contributed by atoms with Crippen LogP contribution in [-0.4, -0.2) is 12.2 Å². The van der Waals surface area contributed by atoms with Crippen LogP contribution < -0.4 is 4.74 Å². The SMILES string of the molecule is COc1c(O)cc(C#N)cc1F. The largest absolute Gasteiger partial charge is 0.504 e. The van der Waals surface area contributed by atoms with Gasteiger partial charge in [-0.1, -0.05) is 0 Å². The summed E-state index contributed by atoms with van der Waals surface area (Å²) >= 11 is 0. The summed E-state index contributed by atoms with van der Waals surface area (Å²) in [7, 11) is 1.24. The second-order valence-electron chi connectivity index (χ2n) is 2.12. The average Bonchev–Trinajstić information content (AvgIpc) is 2.03. The van der Waals surface area contributed by atoms with Crippen LogP contribution in [0.3, 0.4) is 0 Å². The Kier molecular flexibility index (Phi) is 2.15. The molecule has 0 unspecified atom stereocenters. The molecule has 0 aliphatic heterocycles. The molecule has 0 spiro atoms. The van der Waals surface area contributed by atoms with Gasteiger partial charge in [-0.3, -0.25) is 0 Å². The fourth-order valence-corrected chi connectivity index (χ4v) is 0.846. The first-order valence-electron chi connectivity index (χ1n) is 3.15. The maximum absolute atomic E-state index is 12.9. The van der Waals surface area contributed by atoms with E-state index in [9.17, 15) is 4.39 Å². The Balaban J connectivity index is 3.30. The maximum Gasteiger partial charge on any atom is 0.196 e. The van der Waals surface area contributed by atoms with Gasteiger partial charge in [-0.15, -0.1) is 0 Å². The predicted molar refractivity (Wildman–Crippen MR) is 39.3 cm³/mol. The third kappa shape index (κ3) is 1.30. The number of hydrogen-bond donors (Lipinski definition) is 1. The van der Waals surface area contributed by atoms with Crippen molar-refractivity contribution in [3.8, 4) is 17.6 Å². The fraction of sp³-hybridized carbons (Fsp3) is 0.125. The summed E-state index contributed by atoms with van der Waals surface area (Å²) in [4.78, 5) is 0. The number of ether oxygens (including phenoxy) is 1. The third-order valence-corrected chi connectivity index (χ3v) is 1.36. The van der Waals surface area contributed by atoms with Gasteiger partial charge in [0.05, 0.1) is 18.7 Å². The molecule has 0 fully saturated rings. The number of phenolic OH excluding ortho intramolecular Hbond substituents is 1. The van der Waals surface area contributed by atoms with E-state index in [1.807, 2.05) is 0 Å². The van der Waals surface area contributed by atoms with Gasteiger partial charge in [-0.25, -0.2) is 4.39 Å². The molecule has 0 aliphatic rings. The van der Waals surface area contributed by atoms with E-state index in [4.69, 9.17) is 10.4 Å². The van der Waals surface area contributed by atoms with Crippen molar-refractivity contribution in [3.05, 3.63) is 23.5 Å². The van der Waals surface area contributed by atoms with Crippen molar-refractivity contribution in [2.45, 2.75) is 0 Å². The zero-order valence-corrected chi connectivity index (χ0v) is 6.34. The summed E-state index contributed by atoms with van der Waals surface area (Å²) in [6.07, 6.45) is 0. The lowest BCUT2D eigenvalue weighted by Crippen LogP contribution is -1.89. The van der Waals surface area contributed by atoms with Crippen LogP contribution in [0.15, 0.2) is 12.1 Å². The number of benzene rings is 1. The van der Waals surface area contributed by atoms with Crippen molar-refractivity contribution in [2.75, 3.05) is 7.11 Å². The zero-order valence-electron chi connectivity index (χ0n) is 6.34. The van der Waals surface area contributed by atoms with E-state index in [1.54, 1.807) is 6.07 Å². The predicted octanol–water partition coefficient (Wildman–Crippen LogP) is 1.41. The molecule has 1 aromatic rings. The lowest BCUT2D eigenvalue weighted by molar-refractivity contribution is 0.351. The standard InChI is InChI=1S/C8H6FNO2/c1-12-8-6(9)2-5(4-10)3-7(8)11/h2-3,11H,1H3. The summed E-state index contributed by atoms with van der Waals surface area (Å²) in [5, 5.41) is 17.5. The Hall–Kier alpha value is -1.76. The Bertz CT molecular complexity index is 320. The van der Waals surface area contributed by atoms with Crippen molar-refractivity contribution < 1.29 is 14.2 Å². The Morgan fingerprint density at radius 1 is 1.58 bits per heavy atom. The normalized spacial score (nSPS) is 9.08. The van der Waals surface area contributed by atoms with Gasteiger partial charge in [-0.2, -0.15) is 5.26 Å².